The zero-order valence-electron chi connectivity index (χ0n) is 25.5. The first-order valence-corrected chi connectivity index (χ1v) is 17.1. The van der Waals surface area contributed by atoms with Crippen molar-refractivity contribution in [3.8, 4) is 23.2 Å². The smallest absolute Gasteiger partial charge is 0.319 e. The van der Waals surface area contributed by atoms with Crippen molar-refractivity contribution < 1.29 is 22.6 Å². The molecule has 6 heterocycles. The summed E-state index contributed by atoms with van der Waals surface area (Å²) in [6.45, 7) is 5.15. The van der Waals surface area contributed by atoms with Crippen LogP contribution in [0, 0.1) is 29.9 Å². The Morgan fingerprint density at radius 3 is 2.80 bits per heavy atom. The van der Waals surface area contributed by atoms with Gasteiger partial charge in [-0.05, 0) is 63.3 Å². The molecule has 7 nitrogen and oxygen atoms in total. The molecule has 0 aliphatic carbocycles. The largest absolute Gasteiger partial charge is 0.461 e. The summed E-state index contributed by atoms with van der Waals surface area (Å²) in [5.74, 6) is -0.679. The number of alkyl halides is 1. The normalized spacial score (nSPS) is 26.4. The average Bonchev–Trinajstić information content (AvgIpc) is 3.59. The number of nitriles is 1. The summed E-state index contributed by atoms with van der Waals surface area (Å²) in [6.07, 6.45) is 5.06. The van der Waals surface area contributed by atoms with Crippen molar-refractivity contribution in [2.45, 2.75) is 69.2 Å². The van der Waals surface area contributed by atoms with E-state index in [4.69, 9.17) is 26.1 Å². The summed E-state index contributed by atoms with van der Waals surface area (Å²) in [7, 11) is 0. The van der Waals surface area contributed by atoms with Crippen molar-refractivity contribution >= 4 is 49.7 Å². The van der Waals surface area contributed by atoms with Crippen molar-refractivity contribution in [3.05, 3.63) is 45.3 Å². The Bertz CT molecular complexity index is 1930. The van der Waals surface area contributed by atoms with Gasteiger partial charge in [-0.3, -0.25) is 4.90 Å². The molecular weight excluding hydrogens is 635 g/mol. The van der Waals surface area contributed by atoms with E-state index in [1.165, 1.54) is 12.1 Å². The maximum absolute atomic E-state index is 17.0. The predicted molar refractivity (Wildman–Crippen MR) is 173 cm³/mol. The number of anilines is 1. The van der Waals surface area contributed by atoms with Crippen LogP contribution in [0.5, 0.6) is 6.01 Å². The number of nitrogens with zero attached hydrogens (tertiary/aromatic N) is 5. The topological polar surface area (TPSA) is 74.5 Å². The minimum absolute atomic E-state index is 0.0133. The van der Waals surface area contributed by atoms with Gasteiger partial charge in [-0.25, -0.2) is 13.2 Å². The van der Waals surface area contributed by atoms with Gasteiger partial charge in [0, 0.05) is 53.7 Å². The van der Waals surface area contributed by atoms with E-state index in [9.17, 15) is 14.0 Å². The van der Waals surface area contributed by atoms with Crippen molar-refractivity contribution in [1.82, 2.24) is 14.9 Å². The number of ether oxygens (including phenoxy) is 2. The molecule has 2 aromatic heterocycles. The van der Waals surface area contributed by atoms with E-state index in [1.807, 2.05) is 0 Å². The van der Waals surface area contributed by atoms with E-state index in [-0.39, 0.29) is 44.6 Å². The molecule has 0 saturated carbocycles. The van der Waals surface area contributed by atoms with Gasteiger partial charge in [0.1, 0.15) is 36.0 Å². The van der Waals surface area contributed by atoms with Crippen LogP contribution in [0.3, 0.4) is 0 Å². The second-order valence-electron chi connectivity index (χ2n) is 13.2. The second-order valence-corrected chi connectivity index (χ2v) is 14.9. The highest BCUT2D eigenvalue weighted by Crippen LogP contribution is 2.46. The van der Waals surface area contributed by atoms with Crippen LogP contribution in [-0.2, 0) is 4.74 Å². The van der Waals surface area contributed by atoms with Crippen LogP contribution in [-0.4, -0.2) is 71.6 Å². The van der Waals surface area contributed by atoms with Gasteiger partial charge in [0.15, 0.2) is 5.82 Å². The van der Waals surface area contributed by atoms with Crippen molar-refractivity contribution in [1.29, 1.82) is 5.26 Å². The SMILES string of the molecule is Cc1sc2c(F)ccc(-c3c(Cl)cc4c(N5CCCCC6(CCO6)C5)nc(OC[C@@]56CCCN5C[C@H](F)C6)nc4c3F)c2c1C#N. The lowest BCUT2D eigenvalue weighted by Gasteiger charge is -2.44. The van der Waals surface area contributed by atoms with Crippen LogP contribution < -0.4 is 9.64 Å². The number of thiophene rings is 1. The zero-order valence-corrected chi connectivity index (χ0v) is 27.0. The quantitative estimate of drug-likeness (QED) is 0.216. The molecule has 12 heteroatoms. The highest BCUT2D eigenvalue weighted by atomic mass is 35.5. The molecule has 0 amide bonds. The van der Waals surface area contributed by atoms with Crippen molar-refractivity contribution in [3.63, 3.8) is 0 Å². The Hall–Kier alpha value is -3.17. The lowest BCUT2D eigenvalue weighted by molar-refractivity contribution is -0.143. The molecule has 240 valence electrons. The van der Waals surface area contributed by atoms with Gasteiger partial charge in [0.2, 0.25) is 0 Å². The molecule has 8 rings (SSSR count). The van der Waals surface area contributed by atoms with Crippen LogP contribution >= 0.6 is 22.9 Å². The maximum Gasteiger partial charge on any atom is 0.319 e. The fraction of sp³-hybridized carbons (Fsp3) is 0.500. The van der Waals surface area contributed by atoms with Gasteiger partial charge >= 0.3 is 6.01 Å². The first-order valence-electron chi connectivity index (χ1n) is 15.9. The lowest BCUT2D eigenvalue weighted by atomic mass is 9.89. The summed E-state index contributed by atoms with van der Waals surface area (Å²) in [6, 6.07) is 6.58. The number of fused-ring (bicyclic) bond motifs is 3. The van der Waals surface area contributed by atoms with Gasteiger partial charge < -0.3 is 14.4 Å². The molecular formula is C34H33ClF3N5O2S. The summed E-state index contributed by atoms with van der Waals surface area (Å²) < 4.78 is 59.1. The van der Waals surface area contributed by atoms with Crippen molar-refractivity contribution in [2.75, 3.05) is 44.3 Å². The number of aryl methyl sites for hydroxylation is 1. The summed E-state index contributed by atoms with van der Waals surface area (Å²) in [4.78, 5) is 14.4. The molecule has 4 aliphatic heterocycles. The molecule has 2 aromatic carbocycles. The zero-order chi connectivity index (χ0) is 31.8. The average molecular weight is 668 g/mol. The number of aromatic nitrogens is 2. The number of benzene rings is 2. The molecule has 3 atom stereocenters. The van der Waals surface area contributed by atoms with Gasteiger partial charge in [0.25, 0.3) is 0 Å². The van der Waals surface area contributed by atoms with E-state index < -0.39 is 23.3 Å². The standard InChI is InChI=1S/C34H33ClF3N5O2S/c1-19-23(15-39)26-21(5-6-25(37)30(26)46-19)27-24(35)13-22-29(28(27)38)40-32(44-18-33-7-4-11-43(33)16-20(36)14-33)41-31(22)42-10-3-2-8-34(17-42)9-12-45-34/h5-6,13,20H,2-4,7-12,14,16-18H2,1H3/t20-,33+,34?/m1/s1. The highest BCUT2D eigenvalue weighted by molar-refractivity contribution is 7.19. The first-order chi connectivity index (χ1) is 22.2. The summed E-state index contributed by atoms with van der Waals surface area (Å²) >= 11 is 8.05. The van der Waals surface area contributed by atoms with Gasteiger partial charge in [0.05, 0.1) is 33.0 Å². The molecule has 4 fully saturated rings. The fourth-order valence-corrected chi connectivity index (χ4v) is 9.47. The molecule has 4 aliphatic rings. The molecule has 0 N–H and O–H groups in total. The molecule has 0 bridgehead atoms. The molecule has 1 unspecified atom stereocenters. The van der Waals surface area contributed by atoms with Gasteiger partial charge in [-0.1, -0.05) is 17.7 Å². The fourth-order valence-electron chi connectivity index (χ4n) is 8.14. The van der Waals surface area contributed by atoms with Crippen LogP contribution in [0.25, 0.3) is 32.1 Å². The number of halogens is 4. The van der Waals surface area contributed by atoms with Crippen LogP contribution in [0.4, 0.5) is 19.0 Å². The minimum atomic E-state index is -0.915. The number of rotatable bonds is 5. The van der Waals surface area contributed by atoms with Crippen LogP contribution in [0.1, 0.15) is 55.4 Å². The maximum atomic E-state index is 17.0. The third-order valence-electron chi connectivity index (χ3n) is 10.5. The van der Waals surface area contributed by atoms with E-state index in [0.29, 0.717) is 59.7 Å². The van der Waals surface area contributed by atoms with Crippen LogP contribution in [0.15, 0.2) is 18.2 Å². The Morgan fingerprint density at radius 2 is 2.02 bits per heavy atom. The van der Waals surface area contributed by atoms with Crippen molar-refractivity contribution in [2.24, 2.45) is 0 Å². The monoisotopic (exact) mass is 667 g/mol. The minimum Gasteiger partial charge on any atom is -0.461 e. The molecule has 46 heavy (non-hydrogen) atoms. The molecule has 0 radical (unpaired) electrons. The van der Waals surface area contributed by atoms with E-state index >= 15 is 4.39 Å². The molecule has 4 saturated heterocycles. The van der Waals surface area contributed by atoms with E-state index in [0.717, 1.165) is 56.4 Å². The van der Waals surface area contributed by atoms with E-state index in [1.54, 1.807) is 13.0 Å². The van der Waals surface area contributed by atoms with Crippen LogP contribution in [0.2, 0.25) is 5.02 Å². The van der Waals surface area contributed by atoms with Gasteiger partial charge in [-0.15, -0.1) is 11.3 Å². The Kier molecular flexibility index (Phi) is 7.36. The number of hydrogen-bond acceptors (Lipinski definition) is 8. The molecule has 1 spiro atoms. The first kappa shape index (κ1) is 30.2. The molecule has 4 aromatic rings. The van der Waals surface area contributed by atoms with E-state index in [2.05, 4.69) is 20.9 Å². The third-order valence-corrected chi connectivity index (χ3v) is 11.9. The summed E-state index contributed by atoms with van der Waals surface area (Å²) in [5.41, 5.74) is -0.0404. The second kappa shape index (κ2) is 11.2. The Labute approximate surface area is 273 Å². The predicted octanol–water partition coefficient (Wildman–Crippen LogP) is 7.73. The Balaban J connectivity index is 1.29. The highest BCUT2D eigenvalue weighted by Gasteiger charge is 2.49. The Morgan fingerprint density at radius 1 is 1.17 bits per heavy atom. The lowest BCUT2D eigenvalue weighted by Crippen LogP contribution is -2.51. The number of hydrogen-bond donors (Lipinski definition) is 0. The summed E-state index contributed by atoms with van der Waals surface area (Å²) in [5, 5.41) is 10.8. The van der Waals surface area contributed by atoms with Gasteiger partial charge in [-0.2, -0.15) is 15.2 Å². The third kappa shape index (κ3) is 4.75.